The van der Waals surface area contributed by atoms with Gasteiger partial charge in [0.05, 0.1) is 11.4 Å². The molecule has 7 heteroatoms. The molecule has 0 saturated carbocycles. The molecule has 0 bridgehead atoms. The predicted molar refractivity (Wildman–Crippen MR) is 101 cm³/mol. The molecule has 0 N–H and O–H groups in total. The Morgan fingerprint density at radius 3 is 2.69 bits per heavy atom. The number of nitrogens with zero attached hydrogens (tertiary/aromatic N) is 4. The highest BCUT2D eigenvalue weighted by Crippen LogP contribution is 2.22. The second kappa shape index (κ2) is 6.34. The number of aromatic nitrogens is 3. The van der Waals surface area contributed by atoms with Gasteiger partial charge in [0.15, 0.2) is 5.65 Å². The Labute approximate surface area is 152 Å². The van der Waals surface area contributed by atoms with E-state index in [1.165, 1.54) is 9.71 Å². The van der Waals surface area contributed by atoms with Crippen molar-refractivity contribution in [1.29, 1.82) is 0 Å². The third-order valence-corrected chi connectivity index (χ3v) is 6.12. The average Bonchev–Trinajstić information content (AvgIpc) is 3.01. The van der Waals surface area contributed by atoms with E-state index in [2.05, 4.69) is 10.1 Å². The van der Waals surface area contributed by atoms with E-state index >= 15 is 0 Å². The standard InChI is InChI=1S/C19H20N4O2S/c1-14-3-5-16(6-4-14)8-10-26(24,25)22-9-7-18-17(13-22)12-20-19-11-15(2)21-23(18)19/h3-6,8,10-12H,7,9,13H2,1-2H3/b10-8+. The van der Waals surface area contributed by atoms with Crippen LogP contribution >= 0.6 is 0 Å². The van der Waals surface area contributed by atoms with Gasteiger partial charge in [0.1, 0.15) is 0 Å². The molecular weight excluding hydrogens is 348 g/mol. The number of hydrogen-bond acceptors (Lipinski definition) is 4. The van der Waals surface area contributed by atoms with E-state index in [9.17, 15) is 8.42 Å². The highest BCUT2D eigenvalue weighted by Gasteiger charge is 2.26. The Bertz CT molecular complexity index is 1100. The maximum atomic E-state index is 12.7. The summed E-state index contributed by atoms with van der Waals surface area (Å²) in [6.45, 7) is 4.68. The summed E-state index contributed by atoms with van der Waals surface area (Å²) >= 11 is 0. The van der Waals surface area contributed by atoms with E-state index in [1.54, 1.807) is 12.3 Å². The summed E-state index contributed by atoms with van der Waals surface area (Å²) in [5, 5.41) is 5.75. The van der Waals surface area contributed by atoms with Crippen molar-refractivity contribution in [2.24, 2.45) is 0 Å². The quantitative estimate of drug-likeness (QED) is 0.713. The summed E-state index contributed by atoms with van der Waals surface area (Å²) < 4.78 is 28.7. The number of benzene rings is 1. The van der Waals surface area contributed by atoms with Crippen LogP contribution in [0.25, 0.3) is 11.7 Å². The predicted octanol–water partition coefficient (Wildman–Crippen LogP) is 2.70. The first kappa shape index (κ1) is 16.9. The van der Waals surface area contributed by atoms with Gasteiger partial charge in [-0.05, 0) is 25.5 Å². The van der Waals surface area contributed by atoms with Crippen molar-refractivity contribution in [2.45, 2.75) is 26.8 Å². The lowest BCUT2D eigenvalue weighted by Crippen LogP contribution is -2.35. The number of fused-ring (bicyclic) bond motifs is 3. The second-order valence-corrected chi connectivity index (χ2v) is 8.45. The van der Waals surface area contributed by atoms with Gasteiger partial charge in [-0.1, -0.05) is 29.8 Å². The topological polar surface area (TPSA) is 67.6 Å². The van der Waals surface area contributed by atoms with Gasteiger partial charge < -0.3 is 0 Å². The molecule has 1 aliphatic rings. The van der Waals surface area contributed by atoms with Crippen LogP contribution < -0.4 is 0 Å². The Morgan fingerprint density at radius 1 is 1.15 bits per heavy atom. The van der Waals surface area contributed by atoms with Crippen LogP contribution in [0.2, 0.25) is 0 Å². The summed E-state index contributed by atoms with van der Waals surface area (Å²) in [6, 6.07) is 9.67. The van der Waals surface area contributed by atoms with Gasteiger partial charge in [-0.2, -0.15) is 9.40 Å². The van der Waals surface area contributed by atoms with Gasteiger partial charge >= 0.3 is 0 Å². The van der Waals surface area contributed by atoms with Crippen LogP contribution in [-0.2, 0) is 23.0 Å². The minimum Gasteiger partial charge on any atom is -0.237 e. The molecule has 0 aliphatic carbocycles. The molecule has 0 unspecified atom stereocenters. The fourth-order valence-electron chi connectivity index (χ4n) is 3.17. The van der Waals surface area contributed by atoms with Crippen molar-refractivity contribution in [1.82, 2.24) is 18.9 Å². The molecule has 2 aromatic heterocycles. The van der Waals surface area contributed by atoms with E-state index in [0.717, 1.165) is 33.7 Å². The van der Waals surface area contributed by atoms with Crippen molar-refractivity contribution in [3.63, 3.8) is 0 Å². The molecule has 0 spiro atoms. The number of sulfonamides is 1. The summed E-state index contributed by atoms with van der Waals surface area (Å²) in [5.74, 6) is 0. The molecule has 0 radical (unpaired) electrons. The van der Waals surface area contributed by atoms with Crippen LogP contribution in [0.15, 0.2) is 41.9 Å². The van der Waals surface area contributed by atoms with E-state index in [-0.39, 0.29) is 0 Å². The molecule has 3 heterocycles. The Balaban J connectivity index is 1.59. The lowest BCUT2D eigenvalue weighted by Gasteiger charge is -2.26. The Kier molecular flexibility index (Phi) is 4.13. The smallest absolute Gasteiger partial charge is 0.236 e. The molecule has 6 nitrogen and oxygen atoms in total. The van der Waals surface area contributed by atoms with Crippen molar-refractivity contribution in [3.8, 4) is 0 Å². The molecule has 134 valence electrons. The zero-order valence-corrected chi connectivity index (χ0v) is 15.6. The molecule has 3 aromatic rings. The lowest BCUT2D eigenvalue weighted by molar-refractivity contribution is 0.389. The van der Waals surface area contributed by atoms with Crippen LogP contribution in [0, 0.1) is 13.8 Å². The summed E-state index contributed by atoms with van der Waals surface area (Å²) in [7, 11) is -3.49. The maximum Gasteiger partial charge on any atom is 0.236 e. The molecule has 0 atom stereocenters. The highest BCUT2D eigenvalue weighted by atomic mass is 32.2. The molecule has 1 aromatic carbocycles. The van der Waals surface area contributed by atoms with Crippen LogP contribution in [0.4, 0.5) is 0 Å². The van der Waals surface area contributed by atoms with Gasteiger partial charge in [-0.25, -0.2) is 17.9 Å². The van der Waals surface area contributed by atoms with Gasteiger partial charge in [-0.15, -0.1) is 0 Å². The molecule has 4 rings (SSSR count). The first-order chi connectivity index (χ1) is 12.4. The third-order valence-electron chi connectivity index (χ3n) is 4.61. The fourth-order valence-corrected chi connectivity index (χ4v) is 4.34. The van der Waals surface area contributed by atoms with Crippen LogP contribution in [0.5, 0.6) is 0 Å². The van der Waals surface area contributed by atoms with Crippen LogP contribution in [0.3, 0.4) is 0 Å². The summed E-state index contributed by atoms with van der Waals surface area (Å²) in [5.41, 5.74) is 5.66. The van der Waals surface area contributed by atoms with Crippen molar-refractivity contribution in [2.75, 3.05) is 6.54 Å². The largest absolute Gasteiger partial charge is 0.237 e. The van der Waals surface area contributed by atoms with E-state index in [0.29, 0.717) is 19.5 Å². The zero-order valence-electron chi connectivity index (χ0n) is 14.8. The first-order valence-corrected chi connectivity index (χ1v) is 10.0. The molecule has 1 aliphatic heterocycles. The van der Waals surface area contributed by atoms with E-state index in [4.69, 9.17) is 0 Å². The maximum absolute atomic E-state index is 12.7. The van der Waals surface area contributed by atoms with Gasteiger partial charge in [0.2, 0.25) is 10.0 Å². The zero-order chi connectivity index (χ0) is 18.3. The summed E-state index contributed by atoms with van der Waals surface area (Å²) in [6.07, 6.45) is 4.02. The van der Waals surface area contributed by atoms with Crippen LogP contribution in [-0.4, -0.2) is 33.9 Å². The lowest BCUT2D eigenvalue weighted by atomic mass is 10.1. The van der Waals surface area contributed by atoms with E-state index < -0.39 is 10.0 Å². The third kappa shape index (κ3) is 3.15. The average molecular weight is 368 g/mol. The normalized spacial score (nSPS) is 15.6. The summed E-state index contributed by atoms with van der Waals surface area (Å²) in [4.78, 5) is 4.39. The molecule has 26 heavy (non-hydrogen) atoms. The van der Waals surface area contributed by atoms with Crippen molar-refractivity contribution >= 4 is 21.7 Å². The molecular formula is C19H20N4O2S. The minimum absolute atomic E-state index is 0.317. The fraction of sp³-hybridized carbons (Fsp3) is 0.263. The van der Waals surface area contributed by atoms with Crippen molar-refractivity contribution < 1.29 is 8.42 Å². The second-order valence-electron chi connectivity index (χ2n) is 6.63. The number of aryl methyl sites for hydroxylation is 2. The van der Waals surface area contributed by atoms with Crippen molar-refractivity contribution in [3.05, 3.63) is 70.0 Å². The van der Waals surface area contributed by atoms with Gasteiger partial charge in [0.25, 0.3) is 0 Å². The monoisotopic (exact) mass is 368 g/mol. The highest BCUT2D eigenvalue weighted by molar-refractivity contribution is 7.92. The number of rotatable bonds is 3. The SMILES string of the molecule is Cc1ccc(/C=C/S(=O)(=O)N2CCc3c(cnc4cc(C)nn34)C2)cc1. The Morgan fingerprint density at radius 2 is 1.92 bits per heavy atom. The van der Waals surface area contributed by atoms with Gasteiger partial charge in [-0.3, -0.25) is 0 Å². The molecule has 0 saturated heterocycles. The van der Waals surface area contributed by atoms with Gasteiger partial charge in [0, 0.05) is 42.7 Å². The molecule has 0 fully saturated rings. The minimum atomic E-state index is -3.49. The van der Waals surface area contributed by atoms with Crippen LogP contribution in [0.1, 0.15) is 28.1 Å². The molecule has 0 amide bonds. The van der Waals surface area contributed by atoms with E-state index in [1.807, 2.05) is 48.7 Å². The number of hydrogen-bond donors (Lipinski definition) is 0. The Hall–Kier alpha value is -2.51. The first-order valence-electron chi connectivity index (χ1n) is 8.50.